The second kappa shape index (κ2) is 22.9. The number of nitrogens with zero attached hydrogens (tertiary/aromatic N) is 12. The molecular formula is C57H66N12S3. The van der Waals surface area contributed by atoms with Crippen LogP contribution in [0.15, 0.2) is 126 Å². The molecule has 12 rings (SSSR count). The highest BCUT2D eigenvalue weighted by molar-refractivity contribution is 7.17. The van der Waals surface area contributed by atoms with Gasteiger partial charge < -0.3 is 14.7 Å². The van der Waals surface area contributed by atoms with Crippen LogP contribution in [0, 0.1) is 20.8 Å². The average Bonchev–Trinajstić information content (AvgIpc) is 4.23. The molecular weight excluding hydrogens is 949 g/mol. The number of thiazole rings is 3. The molecule has 3 aliphatic rings. The van der Waals surface area contributed by atoms with Crippen LogP contribution < -0.4 is 14.7 Å². The minimum atomic E-state index is 0.400. The van der Waals surface area contributed by atoms with E-state index in [1.165, 1.54) is 47.6 Å². The van der Waals surface area contributed by atoms with Crippen molar-refractivity contribution in [3.8, 4) is 0 Å². The number of rotatable bonds is 9. The van der Waals surface area contributed by atoms with E-state index in [0.29, 0.717) is 18.1 Å². The van der Waals surface area contributed by atoms with E-state index in [1.54, 1.807) is 34.0 Å². The second-order valence-electron chi connectivity index (χ2n) is 19.4. The van der Waals surface area contributed by atoms with E-state index in [2.05, 4.69) is 185 Å². The molecule has 0 radical (unpaired) electrons. The van der Waals surface area contributed by atoms with Gasteiger partial charge in [0.15, 0.2) is 0 Å². The van der Waals surface area contributed by atoms with Gasteiger partial charge in [0.05, 0.1) is 47.2 Å². The van der Waals surface area contributed by atoms with Gasteiger partial charge in [-0.1, -0.05) is 42.0 Å². The summed E-state index contributed by atoms with van der Waals surface area (Å²) in [6.07, 6.45) is 5.73. The van der Waals surface area contributed by atoms with Crippen molar-refractivity contribution in [2.24, 2.45) is 0 Å². The van der Waals surface area contributed by atoms with Crippen molar-refractivity contribution in [3.63, 3.8) is 0 Å². The van der Waals surface area contributed by atoms with Crippen molar-refractivity contribution in [2.45, 2.75) is 59.7 Å². The lowest BCUT2D eigenvalue weighted by Crippen LogP contribution is -2.47. The summed E-state index contributed by atoms with van der Waals surface area (Å²) in [6.45, 7) is 25.7. The van der Waals surface area contributed by atoms with Crippen molar-refractivity contribution < 1.29 is 0 Å². The Bertz CT molecular complexity index is 2790. The standard InChI is InChI=1S/C20H23N3S.C19H22N4S.C18H21N5S/c1-15-3-6-18(7-4-15)23-11-9-22(10-12-23)16(2)17-5-8-20-19(13-17)21-14-24-20;1-14-3-6-19(20-12-14)23-9-7-22(8-10-23)15(2)16-4-5-18-17(11-16)21-13-24-18;1-13-10-19-18(20-11-13)23-7-5-22(6-8-23)14(2)15-3-4-17-16(9-15)21-12-24-17/h3-8,13-14,16H,9-12H2,1-2H3;3-6,11-13,15H,7-10H2,1-2H3;3-4,9-12,14H,5-8H2,1-2H3/t16-;15-;14-/m000/s1. The third kappa shape index (κ3) is 11.8. The molecule has 0 N–H and O–H groups in total. The summed E-state index contributed by atoms with van der Waals surface area (Å²) >= 11 is 5.11. The van der Waals surface area contributed by atoms with Gasteiger partial charge in [0.2, 0.25) is 5.95 Å². The van der Waals surface area contributed by atoms with E-state index in [-0.39, 0.29) is 0 Å². The Hall–Kier alpha value is -5.94. The molecule has 0 saturated carbocycles. The molecule has 0 amide bonds. The molecule has 12 nitrogen and oxygen atoms in total. The van der Waals surface area contributed by atoms with Crippen LogP contribution in [0.1, 0.15) is 72.3 Å². The lowest BCUT2D eigenvalue weighted by Gasteiger charge is -2.39. The zero-order valence-electron chi connectivity index (χ0n) is 42.4. The van der Waals surface area contributed by atoms with Crippen molar-refractivity contribution in [2.75, 3.05) is 93.2 Å². The van der Waals surface area contributed by atoms with Crippen LogP contribution >= 0.6 is 34.0 Å². The number of benzene rings is 4. The smallest absolute Gasteiger partial charge is 0.225 e. The summed E-state index contributed by atoms with van der Waals surface area (Å²) in [5.41, 5.74) is 18.2. The monoisotopic (exact) mass is 1010 g/mol. The predicted molar refractivity (Wildman–Crippen MR) is 302 cm³/mol. The maximum absolute atomic E-state index is 4.56. The van der Waals surface area contributed by atoms with Crippen LogP contribution in [0.4, 0.5) is 17.5 Å². The number of pyridine rings is 1. The average molecular weight is 1020 g/mol. The van der Waals surface area contributed by atoms with Crippen molar-refractivity contribution in [1.82, 2.24) is 44.6 Å². The van der Waals surface area contributed by atoms with E-state index < -0.39 is 0 Å². The largest absolute Gasteiger partial charge is 0.369 e. The van der Waals surface area contributed by atoms with Crippen molar-refractivity contribution in [3.05, 3.63) is 159 Å². The van der Waals surface area contributed by atoms with E-state index in [1.807, 2.05) is 42.0 Å². The first-order chi connectivity index (χ1) is 35.1. The molecule has 4 aromatic carbocycles. The molecule has 3 atom stereocenters. The number of anilines is 3. The molecule has 0 aliphatic carbocycles. The molecule has 0 bridgehead atoms. The zero-order valence-corrected chi connectivity index (χ0v) is 44.9. The molecule has 3 fully saturated rings. The first-order valence-corrected chi connectivity index (χ1v) is 28.0. The highest BCUT2D eigenvalue weighted by Crippen LogP contribution is 2.31. The van der Waals surface area contributed by atoms with Crippen LogP contribution in [0.2, 0.25) is 0 Å². The van der Waals surface area contributed by atoms with Gasteiger partial charge in [-0.3, -0.25) is 14.7 Å². The molecule has 372 valence electrons. The quantitative estimate of drug-likeness (QED) is 0.138. The Balaban J connectivity index is 0.000000124. The highest BCUT2D eigenvalue weighted by Gasteiger charge is 2.26. The summed E-state index contributed by atoms with van der Waals surface area (Å²) < 4.78 is 3.80. The number of hydrogen-bond acceptors (Lipinski definition) is 15. The Morgan fingerprint density at radius 3 is 1.18 bits per heavy atom. The van der Waals surface area contributed by atoms with Gasteiger partial charge in [-0.15, -0.1) is 34.0 Å². The summed E-state index contributed by atoms with van der Waals surface area (Å²) in [5.74, 6) is 1.94. The van der Waals surface area contributed by atoms with Gasteiger partial charge >= 0.3 is 0 Å². The van der Waals surface area contributed by atoms with Crippen LogP contribution in [0.25, 0.3) is 30.6 Å². The predicted octanol–water partition coefficient (Wildman–Crippen LogP) is 11.6. The lowest BCUT2D eigenvalue weighted by molar-refractivity contribution is 0.198. The molecule has 9 aromatic rings. The molecule has 0 spiro atoms. The topological polar surface area (TPSA) is 96.8 Å². The molecule has 0 unspecified atom stereocenters. The van der Waals surface area contributed by atoms with Crippen molar-refractivity contribution >= 4 is 82.1 Å². The molecule has 8 heterocycles. The van der Waals surface area contributed by atoms with Crippen LogP contribution in [-0.4, -0.2) is 123 Å². The summed E-state index contributed by atoms with van der Waals surface area (Å²) in [6, 6.07) is 34.5. The maximum Gasteiger partial charge on any atom is 0.225 e. The lowest BCUT2D eigenvalue weighted by atomic mass is 10.1. The van der Waals surface area contributed by atoms with Crippen LogP contribution in [0.5, 0.6) is 0 Å². The van der Waals surface area contributed by atoms with Gasteiger partial charge in [-0.2, -0.15) is 0 Å². The van der Waals surface area contributed by atoms with Crippen LogP contribution in [0.3, 0.4) is 0 Å². The molecule has 3 saturated heterocycles. The number of piperazine rings is 3. The first kappa shape index (κ1) is 49.6. The van der Waals surface area contributed by atoms with Gasteiger partial charge in [-0.25, -0.2) is 29.9 Å². The van der Waals surface area contributed by atoms with Gasteiger partial charge in [-0.05, 0) is 124 Å². The Kier molecular flexibility index (Phi) is 15.8. The van der Waals surface area contributed by atoms with Crippen LogP contribution in [-0.2, 0) is 0 Å². The highest BCUT2D eigenvalue weighted by atomic mass is 32.1. The van der Waals surface area contributed by atoms with E-state index in [9.17, 15) is 0 Å². The number of fused-ring (bicyclic) bond motifs is 3. The first-order valence-electron chi connectivity index (χ1n) is 25.4. The Labute approximate surface area is 436 Å². The number of hydrogen-bond donors (Lipinski definition) is 0. The summed E-state index contributed by atoms with van der Waals surface area (Å²) in [4.78, 5) is 41.6. The fourth-order valence-corrected chi connectivity index (χ4v) is 12.0. The van der Waals surface area contributed by atoms with E-state index in [0.717, 1.165) is 112 Å². The maximum atomic E-state index is 4.56. The molecule has 72 heavy (non-hydrogen) atoms. The number of aromatic nitrogens is 6. The fraction of sp³-hybridized carbons (Fsp3) is 0.368. The minimum absolute atomic E-state index is 0.400. The van der Waals surface area contributed by atoms with E-state index in [4.69, 9.17) is 0 Å². The minimum Gasteiger partial charge on any atom is -0.369 e. The SMILES string of the molecule is Cc1ccc(N2CCN([C@@H](C)c3ccc4scnc4c3)CC2)cc1.Cc1ccc(N2CCN([C@@H](C)c3ccc4scnc4c3)CC2)nc1.Cc1cnc(N2CCN([C@@H](C)c3ccc4scnc4c3)CC2)nc1. The molecule has 3 aliphatic heterocycles. The Morgan fingerprint density at radius 2 is 0.764 bits per heavy atom. The number of aryl methyl sites for hydroxylation is 3. The van der Waals surface area contributed by atoms with Crippen molar-refractivity contribution in [1.29, 1.82) is 0 Å². The molecule has 5 aromatic heterocycles. The summed E-state index contributed by atoms with van der Waals surface area (Å²) in [7, 11) is 0. The summed E-state index contributed by atoms with van der Waals surface area (Å²) in [5, 5.41) is 0. The second-order valence-corrected chi connectivity index (χ2v) is 22.1. The normalized spacial score (nSPS) is 17.3. The van der Waals surface area contributed by atoms with Gasteiger partial charge in [0.1, 0.15) is 5.82 Å². The van der Waals surface area contributed by atoms with E-state index >= 15 is 0 Å². The third-order valence-electron chi connectivity index (χ3n) is 14.8. The van der Waals surface area contributed by atoms with Gasteiger partial charge in [0.25, 0.3) is 0 Å². The van der Waals surface area contributed by atoms with Gasteiger partial charge in [0, 0.05) is 121 Å². The molecule has 15 heteroatoms. The Morgan fingerprint density at radius 1 is 0.375 bits per heavy atom. The third-order valence-corrected chi connectivity index (χ3v) is 17.2. The zero-order chi connectivity index (χ0) is 49.6. The fourth-order valence-electron chi connectivity index (χ4n) is 10.0.